The van der Waals surface area contributed by atoms with Crippen molar-refractivity contribution in [1.82, 2.24) is 0 Å². The molecule has 0 amide bonds. The molecular weight excluding hydrogens is 805 g/mol. The molecule has 6 heteroatoms. The number of ether oxygens (including phenoxy) is 3. The van der Waals surface area contributed by atoms with Gasteiger partial charge in [-0.15, -0.1) is 0 Å². The smallest absolute Gasteiger partial charge is 0.306 e. The summed E-state index contributed by atoms with van der Waals surface area (Å²) in [6.45, 7) is 6.45. The van der Waals surface area contributed by atoms with Gasteiger partial charge in [0, 0.05) is 19.3 Å². The van der Waals surface area contributed by atoms with Gasteiger partial charge in [-0.2, -0.15) is 0 Å². The van der Waals surface area contributed by atoms with E-state index in [2.05, 4.69) is 81.5 Å². The number of carbonyl (C=O) groups is 3. The second-order valence-corrected chi connectivity index (χ2v) is 18.5. The first-order valence-electron chi connectivity index (χ1n) is 27.8. The van der Waals surface area contributed by atoms with Crippen molar-refractivity contribution >= 4 is 17.9 Å². The van der Waals surface area contributed by atoms with Gasteiger partial charge in [0.25, 0.3) is 0 Å². The molecule has 0 fully saturated rings. The fourth-order valence-electron chi connectivity index (χ4n) is 7.85. The Bertz CT molecular complexity index is 1180. The van der Waals surface area contributed by atoms with Gasteiger partial charge in [-0.25, -0.2) is 0 Å². The Labute approximate surface area is 402 Å². The van der Waals surface area contributed by atoms with Gasteiger partial charge in [0.05, 0.1) is 0 Å². The summed E-state index contributed by atoms with van der Waals surface area (Å²) in [6.07, 6.45) is 66.5. The minimum Gasteiger partial charge on any atom is -0.462 e. The third kappa shape index (κ3) is 51.9. The molecule has 0 saturated heterocycles. The minimum atomic E-state index is -0.793. The van der Waals surface area contributed by atoms with E-state index in [1.54, 1.807) is 0 Å². The first-order valence-corrected chi connectivity index (χ1v) is 27.8. The summed E-state index contributed by atoms with van der Waals surface area (Å²) in [4.78, 5) is 38.0. The molecule has 0 N–H and O–H groups in total. The van der Waals surface area contributed by atoms with Crippen LogP contribution in [0.1, 0.15) is 278 Å². The molecule has 1 unspecified atom stereocenters. The standard InChI is InChI=1S/C59H104O6/c1-4-7-10-13-16-19-22-25-26-27-28-29-30-31-32-35-37-40-43-46-49-52-58(61)64-55-56(65-59(62)53-50-47-44-41-38-34-24-21-18-15-12-9-6-3)54-63-57(60)51-48-45-42-39-36-33-23-20-17-14-11-8-5-2/h9,11-12,14,18,20-21,23,34,38,56H,4-8,10,13,15-17,19,22,24-33,35-37,39-55H2,1-3H3/b12-9-,14-11-,21-18-,23-20-,38-34-. The fourth-order valence-corrected chi connectivity index (χ4v) is 7.85. The molecule has 0 heterocycles. The van der Waals surface area contributed by atoms with Crippen molar-refractivity contribution < 1.29 is 28.6 Å². The molecule has 65 heavy (non-hydrogen) atoms. The summed E-state index contributed by atoms with van der Waals surface area (Å²) in [7, 11) is 0. The average molecular weight is 909 g/mol. The average Bonchev–Trinajstić information content (AvgIpc) is 3.30. The third-order valence-electron chi connectivity index (χ3n) is 12.0. The van der Waals surface area contributed by atoms with E-state index in [1.807, 2.05) is 0 Å². The minimum absolute atomic E-state index is 0.0886. The lowest BCUT2D eigenvalue weighted by Crippen LogP contribution is -2.30. The Kier molecular flexibility index (Phi) is 51.3. The van der Waals surface area contributed by atoms with Crippen LogP contribution in [-0.4, -0.2) is 37.2 Å². The molecule has 0 aromatic carbocycles. The lowest BCUT2D eigenvalue weighted by Gasteiger charge is -2.18. The van der Waals surface area contributed by atoms with Gasteiger partial charge in [-0.3, -0.25) is 14.4 Å². The van der Waals surface area contributed by atoms with Crippen molar-refractivity contribution in [1.29, 1.82) is 0 Å². The van der Waals surface area contributed by atoms with E-state index in [0.717, 1.165) is 116 Å². The Balaban J connectivity index is 4.31. The Morgan fingerprint density at radius 2 is 0.631 bits per heavy atom. The van der Waals surface area contributed by atoms with Crippen LogP contribution in [0.25, 0.3) is 0 Å². The third-order valence-corrected chi connectivity index (χ3v) is 12.0. The molecule has 0 aliphatic heterocycles. The molecule has 0 aliphatic rings. The van der Waals surface area contributed by atoms with Crippen molar-refractivity contribution in [2.45, 2.75) is 284 Å². The number of esters is 3. The van der Waals surface area contributed by atoms with Gasteiger partial charge in [0.15, 0.2) is 6.10 Å². The fraction of sp³-hybridized carbons (Fsp3) is 0.780. The van der Waals surface area contributed by atoms with Crippen molar-refractivity contribution in [2.75, 3.05) is 13.2 Å². The molecule has 0 aromatic rings. The molecule has 0 saturated carbocycles. The largest absolute Gasteiger partial charge is 0.462 e. The normalized spacial score (nSPS) is 12.5. The van der Waals surface area contributed by atoms with Crippen molar-refractivity contribution in [3.63, 3.8) is 0 Å². The number of allylic oxidation sites excluding steroid dienone is 10. The van der Waals surface area contributed by atoms with E-state index in [1.165, 1.54) is 122 Å². The van der Waals surface area contributed by atoms with Crippen LogP contribution in [0.2, 0.25) is 0 Å². The van der Waals surface area contributed by atoms with Crippen LogP contribution in [0.4, 0.5) is 0 Å². The van der Waals surface area contributed by atoms with Gasteiger partial charge < -0.3 is 14.2 Å². The summed E-state index contributed by atoms with van der Waals surface area (Å²) >= 11 is 0. The first kappa shape index (κ1) is 62.1. The second-order valence-electron chi connectivity index (χ2n) is 18.5. The predicted octanol–water partition coefficient (Wildman–Crippen LogP) is 18.4. The predicted molar refractivity (Wildman–Crippen MR) is 279 cm³/mol. The van der Waals surface area contributed by atoms with Crippen molar-refractivity contribution in [3.05, 3.63) is 60.8 Å². The maximum atomic E-state index is 12.8. The van der Waals surface area contributed by atoms with Crippen LogP contribution in [0.15, 0.2) is 60.8 Å². The molecule has 0 rings (SSSR count). The van der Waals surface area contributed by atoms with Gasteiger partial charge >= 0.3 is 17.9 Å². The summed E-state index contributed by atoms with van der Waals surface area (Å²) in [5.74, 6) is -0.925. The van der Waals surface area contributed by atoms with Crippen LogP contribution in [0.5, 0.6) is 0 Å². The quantitative estimate of drug-likeness (QED) is 0.0262. The van der Waals surface area contributed by atoms with E-state index in [0.29, 0.717) is 19.3 Å². The maximum absolute atomic E-state index is 12.8. The highest BCUT2D eigenvalue weighted by Gasteiger charge is 2.19. The zero-order valence-electron chi connectivity index (χ0n) is 43.0. The highest BCUT2D eigenvalue weighted by molar-refractivity contribution is 5.71. The van der Waals surface area contributed by atoms with Gasteiger partial charge in [0.1, 0.15) is 13.2 Å². The second kappa shape index (κ2) is 53.7. The Morgan fingerprint density at radius 1 is 0.323 bits per heavy atom. The molecule has 0 spiro atoms. The number of rotatable bonds is 50. The summed E-state index contributed by atoms with van der Waals surface area (Å²) in [6, 6.07) is 0. The first-order chi connectivity index (χ1) is 32.0. The van der Waals surface area contributed by atoms with E-state index in [-0.39, 0.29) is 31.1 Å². The highest BCUT2D eigenvalue weighted by atomic mass is 16.6. The highest BCUT2D eigenvalue weighted by Crippen LogP contribution is 2.16. The summed E-state index contributed by atoms with van der Waals surface area (Å²) in [5, 5.41) is 0. The topological polar surface area (TPSA) is 78.9 Å². The molecule has 1 atom stereocenters. The van der Waals surface area contributed by atoms with E-state index in [4.69, 9.17) is 14.2 Å². The van der Waals surface area contributed by atoms with E-state index < -0.39 is 6.10 Å². The van der Waals surface area contributed by atoms with Crippen molar-refractivity contribution in [2.24, 2.45) is 0 Å². The number of unbranched alkanes of at least 4 members (excludes halogenated alkanes) is 29. The lowest BCUT2D eigenvalue weighted by atomic mass is 10.0. The van der Waals surface area contributed by atoms with Crippen LogP contribution in [0, 0.1) is 0 Å². The number of hydrogen-bond acceptors (Lipinski definition) is 6. The molecular formula is C59H104O6. The SMILES string of the molecule is CC/C=C\C/C=C\C/C=C\CCCCCC(=O)OC(COC(=O)CCCCCCC/C=C\C/C=C\CCC)COC(=O)CCCCCCCCCCCCCCCCCCCCCCC. The molecule has 0 bridgehead atoms. The van der Waals surface area contributed by atoms with Crippen molar-refractivity contribution in [3.8, 4) is 0 Å². The summed E-state index contributed by atoms with van der Waals surface area (Å²) < 4.78 is 16.8. The molecule has 0 aliphatic carbocycles. The molecule has 376 valence electrons. The van der Waals surface area contributed by atoms with E-state index in [9.17, 15) is 14.4 Å². The zero-order valence-corrected chi connectivity index (χ0v) is 43.0. The lowest BCUT2D eigenvalue weighted by molar-refractivity contribution is -0.167. The van der Waals surface area contributed by atoms with E-state index >= 15 is 0 Å². The molecule has 6 nitrogen and oxygen atoms in total. The van der Waals surface area contributed by atoms with Crippen LogP contribution < -0.4 is 0 Å². The Hall–Kier alpha value is -2.89. The van der Waals surface area contributed by atoms with Gasteiger partial charge in [-0.1, -0.05) is 242 Å². The molecule has 0 radical (unpaired) electrons. The maximum Gasteiger partial charge on any atom is 0.306 e. The van der Waals surface area contributed by atoms with Gasteiger partial charge in [0.2, 0.25) is 0 Å². The summed E-state index contributed by atoms with van der Waals surface area (Å²) in [5.41, 5.74) is 0. The molecule has 0 aromatic heterocycles. The monoisotopic (exact) mass is 909 g/mol. The zero-order chi connectivity index (χ0) is 47.2. The van der Waals surface area contributed by atoms with Gasteiger partial charge in [-0.05, 0) is 77.0 Å². The number of hydrogen-bond donors (Lipinski definition) is 0. The van der Waals surface area contributed by atoms with Crippen LogP contribution in [0.3, 0.4) is 0 Å². The number of carbonyl (C=O) groups excluding carboxylic acids is 3. The van der Waals surface area contributed by atoms with Crippen LogP contribution >= 0.6 is 0 Å². The Morgan fingerprint density at radius 3 is 1.02 bits per heavy atom. The van der Waals surface area contributed by atoms with Crippen LogP contribution in [-0.2, 0) is 28.6 Å².